The number of thiazole rings is 1. The molecule has 0 saturated heterocycles. The summed E-state index contributed by atoms with van der Waals surface area (Å²) in [5, 5.41) is 3.77. The molecular weight excluding hydrogens is 289 g/mol. The fourth-order valence-corrected chi connectivity index (χ4v) is 2.62. The largest absolute Gasteiger partial charge is 0.416 e. The van der Waals surface area contributed by atoms with Gasteiger partial charge in [0.1, 0.15) is 0 Å². The minimum atomic E-state index is -4.33. The van der Waals surface area contributed by atoms with Gasteiger partial charge in [-0.3, -0.25) is 0 Å². The third-order valence-electron chi connectivity index (χ3n) is 2.77. The van der Waals surface area contributed by atoms with Gasteiger partial charge in [-0.1, -0.05) is 11.3 Å². The van der Waals surface area contributed by atoms with Crippen LogP contribution in [0.15, 0.2) is 18.2 Å². The van der Waals surface area contributed by atoms with Crippen LogP contribution in [0.25, 0.3) is 10.2 Å². The summed E-state index contributed by atoms with van der Waals surface area (Å²) in [7, 11) is 1.65. The van der Waals surface area contributed by atoms with E-state index < -0.39 is 11.7 Å². The molecule has 0 fully saturated rings. The van der Waals surface area contributed by atoms with Gasteiger partial charge in [-0.25, -0.2) is 4.98 Å². The second kappa shape index (κ2) is 6.41. The molecule has 20 heavy (non-hydrogen) atoms. The van der Waals surface area contributed by atoms with E-state index in [0.717, 1.165) is 36.2 Å². The second-order valence-electron chi connectivity index (χ2n) is 4.33. The summed E-state index contributed by atoms with van der Waals surface area (Å²) in [6.45, 7) is 1.44. The van der Waals surface area contributed by atoms with Crippen LogP contribution in [-0.2, 0) is 10.9 Å². The quantitative estimate of drug-likeness (QED) is 0.814. The highest BCUT2D eigenvalue weighted by Crippen LogP contribution is 2.33. The van der Waals surface area contributed by atoms with Gasteiger partial charge in [-0.05, 0) is 31.0 Å². The molecule has 0 unspecified atom stereocenters. The predicted octanol–water partition coefficient (Wildman–Crippen LogP) is 4.15. The van der Waals surface area contributed by atoms with Gasteiger partial charge in [-0.15, -0.1) is 0 Å². The van der Waals surface area contributed by atoms with Crippen LogP contribution in [-0.4, -0.2) is 25.2 Å². The summed E-state index contributed by atoms with van der Waals surface area (Å²) in [6, 6.07) is 3.64. The molecule has 0 spiro atoms. The number of alkyl halides is 3. The van der Waals surface area contributed by atoms with E-state index in [9.17, 15) is 13.2 Å². The Morgan fingerprint density at radius 2 is 2.10 bits per heavy atom. The molecule has 0 aliphatic carbocycles. The lowest BCUT2D eigenvalue weighted by Gasteiger charge is -2.04. The lowest BCUT2D eigenvalue weighted by molar-refractivity contribution is -0.137. The minimum absolute atomic E-state index is 0.379. The van der Waals surface area contributed by atoms with Crippen molar-refractivity contribution in [3.63, 3.8) is 0 Å². The number of anilines is 1. The number of aromatic nitrogens is 1. The summed E-state index contributed by atoms with van der Waals surface area (Å²) < 4.78 is 43.5. The van der Waals surface area contributed by atoms with Gasteiger partial charge in [0.25, 0.3) is 0 Å². The number of hydrogen-bond acceptors (Lipinski definition) is 4. The van der Waals surface area contributed by atoms with Gasteiger partial charge in [0.05, 0.1) is 15.8 Å². The van der Waals surface area contributed by atoms with Crippen molar-refractivity contribution in [2.75, 3.05) is 25.6 Å². The molecule has 2 aromatic rings. The van der Waals surface area contributed by atoms with E-state index >= 15 is 0 Å². The SMILES string of the molecule is COCCCCNc1nc2cc(C(F)(F)F)ccc2s1. The van der Waals surface area contributed by atoms with Crippen LogP contribution in [0.2, 0.25) is 0 Å². The molecule has 1 aromatic heterocycles. The van der Waals surface area contributed by atoms with E-state index in [1.165, 1.54) is 17.4 Å². The molecule has 1 aromatic carbocycles. The Bertz CT molecular complexity index is 568. The standard InChI is InChI=1S/C13H15F3N2OS/c1-19-7-3-2-6-17-12-18-10-8-9(13(14,15)16)4-5-11(10)20-12/h4-5,8H,2-3,6-7H2,1H3,(H,17,18). The maximum Gasteiger partial charge on any atom is 0.416 e. The Balaban J connectivity index is 2.02. The number of halogens is 3. The number of rotatable bonds is 6. The summed E-state index contributed by atoms with van der Waals surface area (Å²) in [5.41, 5.74) is -0.286. The highest BCUT2D eigenvalue weighted by atomic mass is 32.1. The molecule has 2 rings (SSSR count). The van der Waals surface area contributed by atoms with Crippen molar-refractivity contribution in [1.29, 1.82) is 0 Å². The zero-order valence-corrected chi connectivity index (χ0v) is 11.8. The summed E-state index contributed by atoms with van der Waals surface area (Å²) in [4.78, 5) is 4.18. The fraction of sp³-hybridized carbons (Fsp3) is 0.462. The molecule has 0 amide bonds. The molecule has 0 bridgehead atoms. The topological polar surface area (TPSA) is 34.1 Å². The van der Waals surface area contributed by atoms with Gasteiger partial charge in [0.2, 0.25) is 0 Å². The number of fused-ring (bicyclic) bond motifs is 1. The number of nitrogens with one attached hydrogen (secondary N) is 1. The lowest BCUT2D eigenvalue weighted by Crippen LogP contribution is -2.04. The van der Waals surface area contributed by atoms with Gasteiger partial charge in [0, 0.05) is 20.3 Å². The number of ether oxygens (including phenoxy) is 1. The molecule has 0 aliphatic heterocycles. The highest BCUT2D eigenvalue weighted by Gasteiger charge is 2.30. The second-order valence-corrected chi connectivity index (χ2v) is 5.36. The maximum atomic E-state index is 12.6. The molecule has 0 aliphatic rings. The van der Waals surface area contributed by atoms with Crippen molar-refractivity contribution in [3.8, 4) is 0 Å². The molecule has 110 valence electrons. The average molecular weight is 304 g/mol. The first-order valence-corrected chi connectivity index (χ1v) is 7.03. The Labute approximate surface area is 118 Å². The van der Waals surface area contributed by atoms with Gasteiger partial charge >= 0.3 is 6.18 Å². The van der Waals surface area contributed by atoms with Crippen molar-refractivity contribution in [1.82, 2.24) is 4.98 Å². The van der Waals surface area contributed by atoms with Gasteiger partial charge < -0.3 is 10.1 Å². The smallest absolute Gasteiger partial charge is 0.385 e. The van der Waals surface area contributed by atoms with Crippen LogP contribution >= 0.6 is 11.3 Å². The fourth-order valence-electron chi connectivity index (χ4n) is 1.75. The Hall–Kier alpha value is -1.34. The molecule has 1 N–H and O–H groups in total. The third kappa shape index (κ3) is 3.83. The van der Waals surface area contributed by atoms with Crippen LogP contribution in [0.4, 0.5) is 18.3 Å². The molecule has 0 radical (unpaired) electrons. The molecule has 1 heterocycles. The van der Waals surface area contributed by atoms with Gasteiger partial charge in [-0.2, -0.15) is 13.2 Å². The number of methoxy groups -OCH3 is 1. The zero-order valence-electron chi connectivity index (χ0n) is 11.0. The first-order chi connectivity index (χ1) is 9.50. The number of nitrogens with zero attached hydrogens (tertiary/aromatic N) is 1. The Morgan fingerprint density at radius 3 is 2.80 bits per heavy atom. The highest BCUT2D eigenvalue weighted by molar-refractivity contribution is 7.22. The molecule has 0 saturated carbocycles. The molecule has 7 heteroatoms. The van der Waals surface area contributed by atoms with Crippen molar-refractivity contribution < 1.29 is 17.9 Å². The van der Waals surface area contributed by atoms with Crippen LogP contribution in [0.5, 0.6) is 0 Å². The molecule has 3 nitrogen and oxygen atoms in total. The first-order valence-electron chi connectivity index (χ1n) is 6.21. The van der Waals surface area contributed by atoms with E-state index in [0.29, 0.717) is 17.3 Å². The van der Waals surface area contributed by atoms with Crippen molar-refractivity contribution in [2.24, 2.45) is 0 Å². The normalized spacial score (nSPS) is 12.0. The summed E-state index contributed by atoms with van der Waals surface area (Å²) in [5.74, 6) is 0. The molecular formula is C13H15F3N2OS. The summed E-state index contributed by atoms with van der Waals surface area (Å²) >= 11 is 1.36. The van der Waals surface area contributed by atoms with Gasteiger partial charge in [0.15, 0.2) is 5.13 Å². The number of benzene rings is 1. The summed E-state index contributed by atoms with van der Waals surface area (Å²) in [6.07, 6.45) is -2.46. The zero-order chi connectivity index (χ0) is 14.6. The predicted molar refractivity (Wildman–Crippen MR) is 74.2 cm³/mol. The minimum Gasteiger partial charge on any atom is -0.385 e. The van der Waals surface area contributed by atoms with Crippen LogP contribution in [0, 0.1) is 0 Å². The van der Waals surface area contributed by atoms with Crippen LogP contribution in [0.3, 0.4) is 0 Å². The van der Waals surface area contributed by atoms with Crippen molar-refractivity contribution in [2.45, 2.75) is 19.0 Å². The van der Waals surface area contributed by atoms with E-state index in [-0.39, 0.29) is 0 Å². The van der Waals surface area contributed by atoms with Crippen LogP contribution < -0.4 is 5.32 Å². The maximum absolute atomic E-state index is 12.6. The number of hydrogen-bond donors (Lipinski definition) is 1. The Kier molecular flexibility index (Phi) is 4.82. The lowest BCUT2D eigenvalue weighted by atomic mass is 10.2. The number of unbranched alkanes of at least 4 members (excludes halogenated alkanes) is 1. The average Bonchev–Trinajstić information content (AvgIpc) is 2.79. The van der Waals surface area contributed by atoms with E-state index in [2.05, 4.69) is 10.3 Å². The Morgan fingerprint density at radius 1 is 1.30 bits per heavy atom. The van der Waals surface area contributed by atoms with E-state index in [1.807, 2.05) is 0 Å². The monoisotopic (exact) mass is 304 g/mol. The third-order valence-corrected chi connectivity index (χ3v) is 3.76. The molecule has 0 atom stereocenters. The van der Waals surface area contributed by atoms with Crippen molar-refractivity contribution >= 4 is 26.7 Å². The van der Waals surface area contributed by atoms with Crippen molar-refractivity contribution in [3.05, 3.63) is 23.8 Å². The van der Waals surface area contributed by atoms with E-state index in [4.69, 9.17) is 4.74 Å². The van der Waals surface area contributed by atoms with E-state index in [1.54, 1.807) is 7.11 Å². The first kappa shape index (κ1) is 15.1. The van der Waals surface area contributed by atoms with Crippen LogP contribution in [0.1, 0.15) is 18.4 Å².